The van der Waals surface area contributed by atoms with Crippen LogP contribution >= 0.6 is 23.2 Å². The topological polar surface area (TPSA) is 0 Å². The molecule has 1 unspecified atom stereocenters. The van der Waals surface area contributed by atoms with Gasteiger partial charge in [-0.25, -0.2) is 0 Å². The van der Waals surface area contributed by atoms with Gasteiger partial charge in [0.05, 0.1) is 40.0 Å². The molecule has 1 atom stereocenters. The highest BCUT2D eigenvalue weighted by atomic mass is 35.5. The van der Waals surface area contributed by atoms with E-state index in [-0.39, 0.29) is 48.6 Å². The van der Waals surface area contributed by atoms with Crippen LogP contribution in [0.2, 0.25) is 10.0 Å². The van der Waals surface area contributed by atoms with Gasteiger partial charge in [0.15, 0.2) is 0 Å². The highest BCUT2D eigenvalue weighted by Gasteiger charge is 2.54. The Labute approximate surface area is 179 Å². The smallest absolute Gasteiger partial charge is 0.0900 e. The number of hydrogen-bond donors (Lipinski definition) is 0. The second-order valence-electron chi connectivity index (χ2n) is 7.36. The molecular formula is C21H28Cl2F6. The van der Waals surface area contributed by atoms with Gasteiger partial charge in [0.25, 0.3) is 0 Å². The van der Waals surface area contributed by atoms with Crippen molar-refractivity contribution >= 4 is 23.2 Å². The molecule has 0 bridgehead atoms. The number of benzene rings is 1. The first kappa shape index (κ1) is 26.4. The second-order valence-corrected chi connectivity index (χ2v) is 8.24. The Bertz CT molecular complexity index is 555. The van der Waals surface area contributed by atoms with Crippen molar-refractivity contribution in [3.63, 3.8) is 0 Å². The first-order chi connectivity index (χ1) is 13.9. The highest BCUT2D eigenvalue weighted by molar-refractivity contribution is 6.34. The molecule has 8 heteroatoms. The van der Waals surface area contributed by atoms with Gasteiger partial charge in [0, 0.05) is 10.0 Å². The van der Waals surface area contributed by atoms with E-state index in [0.717, 1.165) is 0 Å². The SMILES string of the molecule is FCCC(c1cc(Cl)cc(Cl)c1)C(CCF)(CCF)C(CCF)(CCF)CCF. The lowest BCUT2D eigenvalue weighted by Gasteiger charge is -2.55. The summed E-state index contributed by atoms with van der Waals surface area (Å²) in [6, 6.07) is 4.50. The van der Waals surface area contributed by atoms with Crippen LogP contribution in [0.3, 0.4) is 0 Å². The van der Waals surface area contributed by atoms with Crippen LogP contribution in [0.15, 0.2) is 18.2 Å². The molecule has 0 saturated heterocycles. The van der Waals surface area contributed by atoms with Crippen molar-refractivity contribution in [2.75, 3.05) is 40.0 Å². The van der Waals surface area contributed by atoms with Crippen molar-refractivity contribution in [1.82, 2.24) is 0 Å². The first-order valence-electron chi connectivity index (χ1n) is 9.72. The number of alkyl halides is 6. The fraction of sp³-hybridized carbons (Fsp3) is 0.714. The van der Waals surface area contributed by atoms with E-state index in [9.17, 15) is 26.3 Å². The summed E-state index contributed by atoms with van der Waals surface area (Å²) in [7, 11) is 0. The Morgan fingerprint density at radius 2 is 1.03 bits per heavy atom. The van der Waals surface area contributed by atoms with Gasteiger partial charge in [-0.2, -0.15) is 0 Å². The van der Waals surface area contributed by atoms with Crippen molar-refractivity contribution in [3.8, 4) is 0 Å². The molecule has 1 rings (SSSR count). The fourth-order valence-corrected chi connectivity index (χ4v) is 5.57. The third-order valence-electron chi connectivity index (χ3n) is 6.21. The molecule has 0 aliphatic heterocycles. The Hall–Kier alpha value is -0.620. The molecule has 0 saturated carbocycles. The van der Waals surface area contributed by atoms with E-state index in [2.05, 4.69) is 0 Å². The van der Waals surface area contributed by atoms with Crippen molar-refractivity contribution in [3.05, 3.63) is 33.8 Å². The van der Waals surface area contributed by atoms with E-state index in [1.807, 2.05) is 0 Å². The van der Waals surface area contributed by atoms with Gasteiger partial charge in [-0.1, -0.05) is 23.2 Å². The minimum Gasteiger partial charge on any atom is -0.251 e. The Balaban J connectivity index is 3.80. The summed E-state index contributed by atoms with van der Waals surface area (Å²) in [6.07, 6.45) is -1.49. The second kappa shape index (κ2) is 12.9. The van der Waals surface area contributed by atoms with Gasteiger partial charge in [-0.3, -0.25) is 26.3 Å². The average Bonchev–Trinajstić information content (AvgIpc) is 2.65. The molecule has 0 radical (unpaired) electrons. The molecule has 1 aromatic rings. The van der Waals surface area contributed by atoms with Crippen LogP contribution in [-0.4, -0.2) is 40.0 Å². The van der Waals surface area contributed by atoms with Crippen molar-refractivity contribution in [2.45, 2.75) is 44.4 Å². The van der Waals surface area contributed by atoms with Crippen LogP contribution in [0, 0.1) is 10.8 Å². The van der Waals surface area contributed by atoms with Gasteiger partial charge in [-0.15, -0.1) is 0 Å². The molecule has 0 nitrogen and oxygen atoms in total. The number of hydrogen-bond acceptors (Lipinski definition) is 0. The van der Waals surface area contributed by atoms with Gasteiger partial charge >= 0.3 is 0 Å². The predicted molar refractivity (Wildman–Crippen MR) is 108 cm³/mol. The summed E-state index contributed by atoms with van der Waals surface area (Å²) >= 11 is 12.2. The number of halogens is 8. The van der Waals surface area contributed by atoms with Crippen LogP contribution < -0.4 is 0 Å². The summed E-state index contributed by atoms with van der Waals surface area (Å²) in [6.45, 7) is -5.36. The molecule has 0 fully saturated rings. The summed E-state index contributed by atoms with van der Waals surface area (Å²) in [5.41, 5.74) is -2.35. The summed E-state index contributed by atoms with van der Waals surface area (Å²) in [4.78, 5) is 0. The monoisotopic (exact) mass is 464 g/mol. The molecule has 1 aromatic carbocycles. The lowest BCUT2D eigenvalue weighted by molar-refractivity contribution is -0.0575. The highest BCUT2D eigenvalue weighted by Crippen LogP contribution is 2.61. The normalized spacial score (nSPS) is 13.7. The molecule has 0 N–H and O–H groups in total. The van der Waals surface area contributed by atoms with Crippen LogP contribution in [0.1, 0.15) is 50.0 Å². The molecule has 0 spiro atoms. The van der Waals surface area contributed by atoms with E-state index < -0.39 is 56.8 Å². The zero-order valence-corrected chi connectivity index (χ0v) is 17.8. The van der Waals surface area contributed by atoms with Crippen LogP contribution in [-0.2, 0) is 0 Å². The zero-order valence-electron chi connectivity index (χ0n) is 16.3. The fourth-order valence-electron chi connectivity index (χ4n) is 5.02. The van der Waals surface area contributed by atoms with Crippen molar-refractivity contribution in [1.29, 1.82) is 0 Å². The predicted octanol–water partition coefficient (Wildman–Crippen LogP) is 8.21. The Morgan fingerprint density at radius 3 is 1.38 bits per heavy atom. The zero-order chi connectivity index (χ0) is 21.9. The van der Waals surface area contributed by atoms with E-state index in [4.69, 9.17) is 23.2 Å². The number of rotatable bonds is 15. The summed E-state index contributed by atoms with van der Waals surface area (Å²) < 4.78 is 81.9. The van der Waals surface area contributed by atoms with E-state index in [1.54, 1.807) is 0 Å². The lowest BCUT2D eigenvalue weighted by Crippen LogP contribution is -2.49. The minimum absolute atomic E-state index is 0.150. The maximum absolute atomic E-state index is 13.8. The van der Waals surface area contributed by atoms with Crippen LogP contribution in [0.25, 0.3) is 0 Å². The third-order valence-corrected chi connectivity index (χ3v) is 6.65. The lowest BCUT2D eigenvalue weighted by atomic mass is 9.49. The average molecular weight is 465 g/mol. The van der Waals surface area contributed by atoms with E-state index in [0.29, 0.717) is 5.56 Å². The maximum atomic E-state index is 13.8. The molecule has 29 heavy (non-hydrogen) atoms. The van der Waals surface area contributed by atoms with Gasteiger partial charge in [0.1, 0.15) is 0 Å². The molecule has 0 heterocycles. The molecule has 0 aromatic heterocycles. The summed E-state index contributed by atoms with van der Waals surface area (Å²) in [5.74, 6) is -0.833. The van der Waals surface area contributed by atoms with Crippen molar-refractivity contribution < 1.29 is 26.3 Å². The first-order valence-corrected chi connectivity index (χ1v) is 10.5. The molecule has 0 aliphatic carbocycles. The molecular weight excluding hydrogens is 437 g/mol. The maximum Gasteiger partial charge on any atom is 0.0900 e. The molecule has 0 amide bonds. The van der Waals surface area contributed by atoms with Crippen LogP contribution in [0.5, 0.6) is 0 Å². The van der Waals surface area contributed by atoms with Gasteiger partial charge in [-0.05, 0) is 79.0 Å². The Kier molecular flexibility index (Phi) is 11.8. The van der Waals surface area contributed by atoms with E-state index >= 15 is 0 Å². The minimum atomic E-state index is -1.40. The molecule has 168 valence electrons. The summed E-state index contributed by atoms with van der Waals surface area (Å²) in [5, 5.41) is 0.496. The van der Waals surface area contributed by atoms with Crippen molar-refractivity contribution in [2.24, 2.45) is 10.8 Å². The standard InChI is InChI=1S/C21H28Cl2F6/c22-17-13-16(14-18(23)15-17)19(1-7-24)21(5-11-28,6-12-29)20(2-8-25,3-9-26)4-10-27/h13-15,19H,1-12H2. The largest absolute Gasteiger partial charge is 0.251 e. The third kappa shape index (κ3) is 6.19. The quantitative estimate of drug-likeness (QED) is 0.229. The van der Waals surface area contributed by atoms with Gasteiger partial charge < -0.3 is 0 Å². The van der Waals surface area contributed by atoms with E-state index in [1.165, 1.54) is 18.2 Å². The molecule has 0 aliphatic rings. The van der Waals surface area contributed by atoms with Crippen LogP contribution in [0.4, 0.5) is 26.3 Å². The van der Waals surface area contributed by atoms with Gasteiger partial charge in [0.2, 0.25) is 0 Å². The Morgan fingerprint density at radius 1 is 0.621 bits per heavy atom.